The Morgan fingerprint density at radius 1 is 1.20 bits per heavy atom. The van der Waals surface area contributed by atoms with Gasteiger partial charge in [-0.15, -0.1) is 0 Å². The molecule has 1 aromatic carbocycles. The number of nitrogens with one attached hydrogen (secondary N) is 1. The van der Waals surface area contributed by atoms with Crippen LogP contribution in [0.15, 0.2) is 42.6 Å². The summed E-state index contributed by atoms with van der Waals surface area (Å²) in [7, 11) is 0. The minimum atomic E-state index is -0.111. The number of benzene rings is 1. The van der Waals surface area contributed by atoms with E-state index in [2.05, 4.69) is 46.3 Å². The molecule has 1 aliphatic rings. The highest BCUT2D eigenvalue weighted by molar-refractivity contribution is 6.05. The molecule has 30 heavy (non-hydrogen) atoms. The topological polar surface area (TPSA) is 72.3 Å². The molecule has 1 aliphatic heterocycles. The molecular formula is C23H29N5O2. The van der Waals surface area contributed by atoms with E-state index in [4.69, 9.17) is 4.74 Å². The molecule has 0 saturated carbocycles. The third kappa shape index (κ3) is 4.37. The molecule has 7 heteroatoms. The van der Waals surface area contributed by atoms with Gasteiger partial charge >= 0.3 is 0 Å². The van der Waals surface area contributed by atoms with Crippen molar-refractivity contribution in [3.63, 3.8) is 0 Å². The maximum Gasteiger partial charge on any atom is 0.252 e. The average molecular weight is 408 g/mol. The Bertz CT molecular complexity index is 1010. The lowest BCUT2D eigenvalue weighted by Gasteiger charge is -2.31. The van der Waals surface area contributed by atoms with Crippen molar-refractivity contribution in [3.05, 3.63) is 59.4 Å². The number of hydrogen-bond donors (Lipinski definition) is 1. The standard InChI is InChI=1S/C23H29N5O2/c1-16(2)28-22-20(14-24-28)19(13-17(3)25-22)23(29)26-21(18-7-5-4-6-8-18)15-27-9-11-30-12-10-27/h4-8,13-14,16,21H,9-12,15H2,1-3H3,(H,26,29). The highest BCUT2D eigenvalue weighted by Gasteiger charge is 2.23. The number of nitrogens with zero attached hydrogens (tertiary/aromatic N) is 4. The number of morpholine rings is 1. The molecule has 4 rings (SSSR count). The van der Waals surface area contributed by atoms with Crippen LogP contribution in [0.1, 0.15) is 47.5 Å². The molecule has 3 heterocycles. The fourth-order valence-electron chi connectivity index (χ4n) is 3.91. The number of hydrogen-bond acceptors (Lipinski definition) is 5. The van der Waals surface area contributed by atoms with Gasteiger partial charge < -0.3 is 10.1 Å². The first-order chi connectivity index (χ1) is 14.5. The van der Waals surface area contributed by atoms with Crippen molar-refractivity contribution in [1.29, 1.82) is 0 Å². The largest absolute Gasteiger partial charge is 0.379 e. The summed E-state index contributed by atoms with van der Waals surface area (Å²) in [5.74, 6) is -0.101. The highest BCUT2D eigenvalue weighted by atomic mass is 16.5. The fraction of sp³-hybridized carbons (Fsp3) is 0.435. The first kappa shape index (κ1) is 20.5. The SMILES string of the molecule is Cc1cc(C(=O)NC(CN2CCOCC2)c2ccccc2)c2cnn(C(C)C)c2n1. The number of pyridine rings is 1. The zero-order valence-electron chi connectivity index (χ0n) is 17.8. The van der Waals surface area contributed by atoms with Crippen LogP contribution in [0, 0.1) is 6.92 Å². The van der Waals surface area contributed by atoms with E-state index < -0.39 is 0 Å². The van der Waals surface area contributed by atoms with Crippen LogP contribution in [0.3, 0.4) is 0 Å². The van der Waals surface area contributed by atoms with Crippen LogP contribution in [0.25, 0.3) is 11.0 Å². The van der Waals surface area contributed by atoms with Gasteiger partial charge in [-0.3, -0.25) is 9.69 Å². The van der Waals surface area contributed by atoms with Gasteiger partial charge in [-0.25, -0.2) is 9.67 Å². The van der Waals surface area contributed by atoms with E-state index in [0.717, 1.165) is 55.1 Å². The van der Waals surface area contributed by atoms with E-state index in [1.165, 1.54) is 0 Å². The zero-order valence-corrected chi connectivity index (χ0v) is 17.8. The molecule has 0 bridgehead atoms. The smallest absolute Gasteiger partial charge is 0.252 e. The van der Waals surface area contributed by atoms with E-state index in [1.54, 1.807) is 6.20 Å². The number of amides is 1. The lowest BCUT2D eigenvalue weighted by molar-refractivity contribution is 0.0332. The Balaban J connectivity index is 1.64. The third-order valence-electron chi connectivity index (χ3n) is 5.48. The van der Waals surface area contributed by atoms with Crippen molar-refractivity contribution in [1.82, 2.24) is 25.0 Å². The first-order valence-electron chi connectivity index (χ1n) is 10.5. The van der Waals surface area contributed by atoms with Crippen LogP contribution in [-0.2, 0) is 4.74 Å². The molecule has 7 nitrogen and oxygen atoms in total. The summed E-state index contributed by atoms with van der Waals surface area (Å²) in [5, 5.41) is 8.51. The van der Waals surface area contributed by atoms with Crippen LogP contribution >= 0.6 is 0 Å². The fourth-order valence-corrected chi connectivity index (χ4v) is 3.91. The molecule has 158 valence electrons. The second-order valence-corrected chi connectivity index (χ2v) is 8.08. The second-order valence-electron chi connectivity index (χ2n) is 8.08. The van der Waals surface area contributed by atoms with E-state index in [-0.39, 0.29) is 18.0 Å². The Morgan fingerprint density at radius 3 is 2.63 bits per heavy atom. The zero-order chi connectivity index (χ0) is 21.1. The normalized spacial score (nSPS) is 16.1. The molecule has 3 aromatic rings. The first-order valence-corrected chi connectivity index (χ1v) is 10.5. The molecule has 1 atom stereocenters. The van der Waals surface area contributed by atoms with Gasteiger partial charge in [0.05, 0.1) is 36.4 Å². The molecule has 1 N–H and O–H groups in total. The van der Waals surface area contributed by atoms with Crippen molar-refractivity contribution < 1.29 is 9.53 Å². The summed E-state index contributed by atoms with van der Waals surface area (Å²) in [4.78, 5) is 20.4. The number of rotatable bonds is 6. The van der Waals surface area contributed by atoms with Gasteiger partial charge in [-0.1, -0.05) is 30.3 Å². The Morgan fingerprint density at radius 2 is 1.93 bits per heavy atom. The third-order valence-corrected chi connectivity index (χ3v) is 5.48. The predicted molar refractivity (Wildman–Crippen MR) is 117 cm³/mol. The summed E-state index contributed by atoms with van der Waals surface area (Å²) in [5.41, 5.74) is 3.27. The predicted octanol–water partition coefficient (Wildman–Crippen LogP) is 3.12. The maximum absolute atomic E-state index is 13.4. The molecule has 2 aromatic heterocycles. The lowest BCUT2D eigenvalue weighted by atomic mass is 10.0. The number of fused-ring (bicyclic) bond motifs is 1. The molecule has 1 saturated heterocycles. The number of ether oxygens (including phenoxy) is 1. The van der Waals surface area contributed by atoms with Crippen molar-refractivity contribution in [2.45, 2.75) is 32.9 Å². The van der Waals surface area contributed by atoms with Gasteiger partial charge in [0.15, 0.2) is 5.65 Å². The highest BCUT2D eigenvalue weighted by Crippen LogP contribution is 2.23. The Kier molecular flexibility index (Phi) is 6.11. The van der Waals surface area contributed by atoms with E-state index in [9.17, 15) is 4.79 Å². The summed E-state index contributed by atoms with van der Waals surface area (Å²) in [6.45, 7) is 9.99. The molecule has 0 aliphatic carbocycles. The summed E-state index contributed by atoms with van der Waals surface area (Å²) < 4.78 is 7.34. The number of carbonyl (C=O) groups is 1. The van der Waals surface area contributed by atoms with Crippen LogP contribution < -0.4 is 5.32 Å². The van der Waals surface area contributed by atoms with E-state index in [1.807, 2.05) is 35.9 Å². The molecule has 1 unspecified atom stereocenters. The van der Waals surface area contributed by atoms with E-state index >= 15 is 0 Å². The molecule has 0 radical (unpaired) electrons. The monoisotopic (exact) mass is 407 g/mol. The lowest BCUT2D eigenvalue weighted by Crippen LogP contribution is -2.43. The Labute approximate surface area is 177 Å². The summed E-state index contributed by atoms with van der Waals surface area (Å²) >= 11 is 0. The number of aryl methyl sites for hydroxylation is 1. The van der Waals surface area contributed by atoms with Gasteiger partial charge in [0.2, 0.25) is 0 Å². The number of aromatic nitrogens is 3. The van der Waals surface area contributed by atoms with Crippen molar-refractivity contribution >= 4 is 16.9 Å². The average Bonchev–Trinajstić information content (AvgIpc) is 3.18. The molecule has 0 spiro atoms. The summed E-state index contributed by atoms with van der Waals surface area (Å²) in [6, 6.07) is 12.1. The van der Waals surface area contributed by atoms with Crippen molar-refractivity contribution in [2.75, 3.05) is 32.8 Å². The summed E-state index contributed by atoms with van der Waals surface area (Å²) in [6.07, 6.45) is 1.75. The van der Waals surface area contributed by atoms with E-state index in [0.29, 0.717) is 5.56 Å². The van der Waals surface area contributed by atoms with Gasteiger partial charge in [0.1, 0.15) is 0 Å². The minimum absolute atomic E-state index is 0.101. The van der Waals surface area contributed by atoms with Gasteiger partial charge in [0.25, 0.3) is 5.91 Å². The maximum atomic E-state index is 13.4. The van der Waals surface area contributed by atoms with Crippen LogP contribution in [0.4, 0.5) is 0 Å². The molecule has 1 amide bonds. The van der Waals surface area contributed by atoms with Crippen LogP contribution in [0.5, 0.6) is 0 Å². The van der Waals surface area contributed by atoms with Crippen LogP contribution in [0.2, 0.25) is 0 Å². The molecular weight excluding hydrogens is 378 g/mol. The quantitative estimate of drug-likeness (QED) is 0.680. The van der Waals surface area contributed by atoms with Gasteiger partial charge in [-0.05, 0) is 32.4 Å². The molecule has 1 fully saturated rings. The van der Waals surface area contributed by atoms with Crippen molar-refractivity contribution in [2.24, 2.45) is 0 Å². The minimum Gasteiger partial charge on any atom is -0.379 e. The van der Waals surface area contributed by atoms with Gasteiger partial charge in [0, 0.05) is 31.4 Å². The van der Waals surface area contributed by atoms with Crippen molar-refractivity contribution in [3.8, 4) is 0 Å². The van der Waals surface area contributed by atoms with Crippen LogP contribution in [-0.4, -0.2) is 58.4 Å². The number of carbonyl (C=O) groups excluding carboxylic acids is 1. The second kappa shape index (κ2) is 8.93. The Hall–Kier alpha value is -2.77. The van der Waals surface area contributed by atoms with Gasteiger partial charge in [-0.2, -0.15) is 5.10 Å².